The number of rotatable bonds is 2. The predicted molar refractivity (Wildman–Crippen MR) is 36.0 cm³/mol. The second-order valence-electron chi connectivity index (χ2n) is 1.04. The zero-order chi connectivity index (χ0) is 4.12. The smallest absolute Gasteiger partial charge is 0.0223 e. The molecule has 0 amide bonds. The molecular formula is C4H11ClS. The Balaban J connectivity index is 0. The van der Waals surface area contributed by atoms with Crippen molar-refractivity contribution in [1.29, 1.82) is 0 Å². The monoisotopic (exact) mass is 126 g/mol. The van der Waals surface area contributed by atoms with Crippen LogP contribution < -0.4 is 0 Å². The quantitative estimate of drug-likeness (QED) is 0.498. The van der Waals surface area contributed by atoms with E-state index in [1.165, 1.54) is 6.42 Å². The summed E-state index contributed by atoms with van der Waals surface area (Å²) in [5.74, 6) is 0.816. The highest BCUT2D eigenvalue weighted by Crippen LogP contribution is 1.86. The molecule has 0 nitrogen and oxygen atoms in total. The Kier molecular flexibility index (Phi) is 15.0. The summed E-state index contributed by atoms with van der Waals surface area (Å²) in [5.41, 5.74) is 0. The van der Waals surface area contributed by atoms with E-state index in [9.17, 15) is 0 Å². The molecule has 0 aliphatic carbocycles. The molecule has 0 aromatic rings. The normalized spacial score (nSPS) is 7.00. The first kappa shape index (κ1) is 9.81. The fourth-order valence-corrected chi connectivity index (χ4v) is 0.401. The molecule has 0 aromatic heterocycles. The average Bonchev–Trinajstić information content (AvgIpc) is 1.41. The van der Waals surface area contributed by atoms with Crippen molar-refractivity contribution in [3.63, 3.8) is 0 Å². The lowest BCUT2D eigenvalue weighted by Gasteiger charge is -1.77. The van der Waals surface area contributed by atoms with E-state index >= 15 is 0 Å². The Labute approximate surface area is 51.3 Å². The van der Waals surface area contributed by atoms with Crippen molar-refractivity contribution in [2.24, 2.45) is 0 Å². The third-order valence-electron chi connectivity index (χ3n) is 0.487. The van der Waals surface area contributed by atoms with Gasteiger partial charge in [-0.1, -0.05) is 13.3 Å². The molecule has 0 aromatic carbocycles. The number of alkyl halides is 1. The number of hydrogen-bond acceptors (Lipinski definition) is 0. The van der Waals surface area contributed by atoms with Gasteiger partial charge in [-0.05, 0) is 6.42 Å². The summed E-state index contributed by atoms with van der Waals surface area (Å²) in [6.07, 6.45) is 2.37. The van der Waals surface area contributed by atoms with Crippen LogP contribution in [0.2, 0.25) is 0 Å². The van der Waals surface area contributed by atoms with Crippen LogP contribution in [0.3, 0.4) is 0 Å². The van der Waals surface area contributed by atoms with E-state index in [4.69, 9.17) is 11.6 Å². The lowest BCUT2D eigenvalue weighted by Crippen LogP contribution is -1.65. The first-order chi connectivity index (χ1) is 2.41. The summed E-state index contributed by atoms with van der Waals surface area (Å²) in [7, 11) is 0. The van der Waals surface area contributed by atoms with Gasteiger partial charge in [0.2, 0.25) is 0 Å². The number of halogens is 1. The molecule has 40 valence electrons. The minimum Gasteiger partial charge on any atom is -0.197 e. The number of hydrogen-bond donors (Lipinski definition) is 0. The second kappa shape index (κ2) is 9.16. The first-order valence-corrected chi connectivity index (χ1v) is 2.51. The van der Waals surface area contributed by atoms with E-state index in [0.29, 0.717) is 0 Å². The van der Waals surface area contributed by atoms with Crippen LogP contribution in [-0.2, 0) is 0 Å². The zero-order valence-corrected chi connectivity index (χ0v) is 5.76. The largest absolute Gasteiger partial charge is 0.197 e. The third kappa shape index (κ3) is 8.82. The van der Waals surface area contributed by atoms with Crippen molar-refractivity contribution in [2.75, 3.05) is 5.88 Å². The highest BCUT2D eigenvalue weighted by atomic mass is 35.5. The molecular weight excluding hydrogens is 116 g/mol. The summed E-state index contributed by atoms with van der Waals surface area (Å²) in [5, 5.41) is 0. The van der Waals surface area contributed by atoms with Gasteiger partial charge in [0.05, 0.1) is 0 Å². The highest BCUT2D eigenvalue weighted by molar-refractivity contribution is 7.59. The molecule has 0 spiro atoms. The van der Waals surface area contributed by atoms with Gasteiger partial charge in [-0.15, -0.1) is 11.6 Å². The molecule has 0 unspecified atom stereocenters. The molecule has 0 fully saturated rings. The Morgan fingerprint density at radius 1 is 1.50 bits per heavy atom. The molecule has 0 radical (unpaired) electrons. The molecule has 0 N–H and O–H groups in total. The average molecular weight is 127 g/mol. The zero-order valence-electron chi connectivity index (χ0n) is 4.00. The van der Waals surface area contributed by atoms with Gasteiger partial charge in [-0.2, -0.15) is 13.5 Å². The lowest BCUT2D eigenvalue weighted by atomic mass is 10.4. The Morgan fingerprint density at radius 3 is 2.00 bits per heavy atom. The molecule has 0 heterocycles. The van der Waals surface area contributed by atoms with E-state index in [1.54, 1.807) is 0 Å². The molecule has 0 saturated carbocycles. The minimum absolute atomic E-state index is 0. The Morgan fingerprint density at radius 2 is 2.00 bits per heavy atom. The van der Waals surface area contributed by atoms with E-state index in [-0.39, 0.29) is 13.5 Å². The summed E-state index contributed by atoms with van der Waals surface area (Å²) < 4.78 is 0. The van der Waals surface area contributed by atoms with Gasteiger partial charge in [0, 0.05) is 5.88 Å². The van der Waals surface area contributed by atoms with E-state index < -0.39 is 0 Å². The maximum absolute atomic E-state index is 5.30. The maximum Gasteiger partial charge on any atom is 0.0223 e. The Bertz CT molecular complexity index is 15.0. The fourth-order valence-electron chi connectivity index (χ4n) is 0.134. The van der Waals surface area contributed by atoms with Crippen molar-refractivity contribution >= 4 is 25.1 Å². The third-order valence-corrected chi connectivity index (χ3v) is 0.754. The van der Waals surface area contributed by atoms with Crippen molar-refractivity contribution in [2.45, 2.75) is 19.8 Å². The molecule has 0 atom stereocenters. The molecule has 0 rings (SSSR count). The van der Waals surface area contributed by atoms with Crippen LogP contribution in [0.4, 0.5) is 0 Å². The van der Waals surface area contributed by atoms with Crippen LogP contribution >= 0.6 is 25.1 Å². The van der Waals surface area contributed by atoms with Crippen LogP contribution in [0.1, 0.15) is 19.8 Å². The SMILES string of the molecule is CCCCCl.S. The molecule has 0 bridgehead atoms. The molecule has 0 saturated heterocycles. The topological polar surface area (TPSA) is 0 Å². The van der Waals surface area contributed by atoms with E-state index in [0.717, 1.165) is 12.3 Å². The van der Waals surface area contributed by atoms with E-state index in [2.05, 4.69) is 6.92 Å². The van der Waals surface area contributed by atoms with Gasteiger partial charge in [0.1, 0.15) is 0 Å². The van der Waals surface area contributed by atoms with Crippen LogP contribution in [-0.4, -0.2) is 5.88 Å². The van der Waals surface area contributed by atoms with Gasteiger partial charge in [0.25, 0.3) is 0 Å². The minimum atomic E-state index is 0. The van der Waals surface area contributed by atoms with Crippen molar-refractivity contribution in [1.82, 2.24) is 0 Å². The molecule has 6 heavy (non-hydrogen) atoms. The van der Waals surface area contributed by atoms with Crippen LogP contribution in [0.15, 0.2) is 0 Å². The second-order valence-corrected chi connectivity index (χ2v) is 1.42. The van der Waals surface area contributed by atoms with Crippen LogP contribution in [0.25, 0.3) is 0 Å². The van der Waals surface area contributed by atoms with Gasteiger partial charge >= 0.3 is 0 Å². The van der Waals surface area contributed by atoms with Crippen molar-refractivity contribution in [3.05, 3.63) is 0 Å². The lowest BCUT2D eigenvalue weighted by molar-refractivity contribution is 0.892. The summed E-state index contributed by atoms with van der Waals surface area (Å²) in [6.45, 7) is 2.13. The van der Waals surface area contributed by atoms with Gasteiger partial charge in [-0.3, -0.25) is 0 Å². The number of unbranched alkanes of at least 4 members (excludes halogenated alkanes) is 1. The predicted octanol–water partition coefficient (Wildman–Crippen LogP) is 2.14. The first-order valence-electron chi connectivity index (χ1n) is 1.97. The summed E-state index contributed by atoms with van der Waals surface area (Å²) in [6, 6.07) is 0. The van der Waals surface area contributed by atoms with Crippen molar-refractivity contribution < 1.29 is 0 Å². The van der Waals surface area contributed by atoms with Crippen LogP contribution in [0, 0.1) is 0 Å². The summed E-state index contributed by atoms with van der Waals surface area (Å²) in [4.78, 5) is 0. The molecule has 2 heteroatoms. The van der Waals surface area contributed by atoms with E-state index in [1.807, 2.05) is 0 Å². The summed E-state index contributed by atoms with van der Waals surface area (Å²) >= 11 is 5.30. The van der Waals surface area contributed by atoms with Gasteiger partial charge in [0.15, 0.2) is 0 Å². The molecule has 0 aliphatic heterocycles. The van der Waals surface area contributed by atoms with Crippen LogP contribution in [0.5, 0.6) is 0 Å². The fraction of sp³-hybridized carbons (Fsp3) is 1.00. The standard InChI is InChI=1S/C4H9Cl.H2S/c1-2-3-4-5;/h2-4H2,1H3;1H2. The van der Waals surface area contributed by atoms with Gasteiger partial charge < -0.3 is 0 Å². The van der Waals surface area contributed by atoms with Gasteiger partial charge in [-0.25, -0.2) is 0 Å². The van der Waals surface area contributed by atoms with Crippen molar-refractivity contribution in [3.8, 4) is 0 Å². The highest BCUT2D eigenvalue weighted by Gasteiger charge is 1.70. The maximum atomic E-state index is 5.30. The molecule has 0 aliphatic rings. The Hall–Kier alpha value is 0.640.